The molecule has 4 heteroatoms. The lowest BCUT2D eigenvalue weighted by Crippen LogP contribution is -2.30. The third-order valence-electron chi connectivity index (χ3n) is 3.56. The monoisotopic (exact) mass is 243 g/mol. The first-order valence-electron chi connectivity index (χ1n) is 6.50. The Morgan fingerprint density at radius 2 is 2.33 bits per heavy atom. The van der Waals surface area contributed by atoms with E-state index in [2.05, 4.69) is 27.4 Å². The molecule has 0 spiro atoms. The van der Waals surface area contributed by atoms with Crippen LogP contribution in [0.3, 0.4) is 0 Å². The third-order valence-corrected chi connectivity index (χ3v) is 3.56. The summed E-state index contributed by atoms with van der Waals surface area (Å²) in [6, 6.07) is 6.13. The van der Waals surface area contributed by atoms with Crippen molar-refractivity contribution < 1.29 is 0 Å². The van der Waals surface area contributed by atoms with Crippen molar-refractivity contribution in [3.8, 4) is 0 Å². The minimum absolute atomic E-state index is 0.147. The van der Waals surface area contributed by atoms with Gasteiger partial charge in [-0.05, 0) is 56.0 Å². The second-order valence-corrected chi connectivity index (χ2v) is 5.02. The van der Waals surface area contributed by atoms with Crippen molar-refractivity contribution in [1.29, 1.82) is 0 Å². The summed E-state index contributed by atoms with van der Waals surface area (Å²) < 4.78 is 0. The molecule has 1 aromatic heterocycles. The van der Waals surface area contributed by atoms with E-state index >= 15 is 0 Å². The molecule has 0 amide bonds. The topological polar surface area (TPSA) is 57.8 Å². The largest absolute Gasteiger partial charge is 0.319 e. The van der Waals surface area contributed by atoms with E-state index in [0.29, 0.717) is 0 Å². The zero-order valence-corrected chi connectivity index (χ0v) is 10.3. The first-order chi connectivity index (χ1) is 8.81. The molecule has 2 N–H and O–H groups in total. The normalized spacial score (nSPS) is 20.1. The van der Waals surface area contributed by atoms with Crippen LogP contribution >= 0.6 is 0 Å². The number of nitrogens with one attached hydrogen (secondary N) is 2. The molecule has 0 aliphatic carbocycles. The number of piperidine rings is 1. The number of hydrogen-bond donors (Lipinski definition) is 2. The van der Waals surface area contributed by atoms with Gasteiger partial charge in [0.25, 0.3) is 5.56 Å². The second-order valence-electron chi connectivity index (χ2n) is 5.02. The first kappa shape index (κ1) is 11.4. The van der Waals surface area contributed by atoms with Crippen molar-refractivity contribution in [2.24, 2.45) is 5.92 Å². The number of hydrogen-bond acceptors (Lipinski definition) is 3. The molecule has 1 atom stereocenters. The molecule has 1 saturated heterocycles. The number of rotatable bonds is 2. The Kier molecular flexibility index (Phi) is 3.11. The molecule has 18 heavy (non-hydrogen) atoms. The van der Waals surface area contributed by atoms with Crippen LogP contribution in [0.1, 0.15) is 18.4 Å². The molecule has 0 bridgehead atoms. The Hall–Kier alpha value is -1.68. The fraction of sp³-hybridized carbons (Fsp3) is 0.429. The molecule has 1 unspecified atom stereocenters. The average molecular weight is 243 g/mol. The minimum atomic E-state index is -0.147. The SMILES string of the molecule is O=c1cnc2cc(CC3CCCNC3)ccc2[nH]1. The van der Waals surface area contributed by atoms with Crippen LogP contribution in [0.2, 0.25) is 0 Å². The maximum absolute atomic E-state index is 11.2. The van der Waals surface area contributed by atoms with E-state index in [9.17, 15) is 4.79 Å². The van der Waals surface area contributed by atoms with E-state index in [4.69, 9.17) is 0 Å². The molecule has 2 aromatic rings. The molecule has 1 aliphatic heterocycles. The molecule has 3 rings (SSSR count). The third kappa shape index (κ3) is 2.43. The average Bonchev–Trinajstić information content (AvgIpc) is 2.40. The van der Waals surface area contributed by atoms with Gasteiger partial charge in [-0.15, -0.1) is 0 Å². The number of fused-ring (bicyclic) bond motifs is 1. The van der Waals surface area contributed by atoms with E-state index in [1.807, 2.05) is 6.07 Å². The van der Waals surface area contributed by atoms with Gasteiger partial charge in [0.15, 0.2) is 0 Å². The smallest absolute Gasteiger partial charge is 0.266 e. The van der Waals surface area contributed by atoms with Gasteiger partial charge in [-0.25, -0.2) is 4.98 Å². The van der Waals surface area contributed by atoms with Crippen molar-refractivity contribution in [2.75, 3.05) is 13.1 Å². The van der Waals surface area contributed by atoms with E-state index in [1.54, 1.807) is 0 Å². The van der Waals surface area contributed by atoms with Crippen molar-refractivity contribution in [3.05, 3.63) is 40.3 Å². The lowest BCUT2D eigenvalue weighted by Gasteiger charge is -2.22. The van der Waals surface area contributed by atoms with Crippen molar-refractivity contribution in [3.63, 3.8) is 0 Å². The highest BCUT2D eigenvalue weighted by Crippen LogP contribution is 2.18. The van der Waals surface area contributed by atoms with Crippen molar-refractivity contribution in [2.45, 2.75) is 19.3 Å². The molecule has 0 saturated carbocycles. The minimum Gasteiger partial charge on any atom is -0.319 e. The molecular formula is C14H17N3O. The van der Waals surface area contributed by atoms with Crippen LogP contribution in [-0.4, -0.2) is 23.1 Å². The van der Waals surface area contributed by atoms with Crippen LogP contribution in [0.15, 0.2) is 29.2 Å². The lowest BCUT2D eigenvalue weighted by molar-refractivity contribution is 0.376. The molecule has 4 nitrogen and oxygen atoms in total. The van der Waals surface area contributed by atoms with Gasteiger partial charge in [0, 0.05) is 0 Å². The van der Waals surface area contributed by atoms with E-state index in [0.717, 1.165) is 36.5 Å². The Labute approximate surface area is 105 Å². The predicted molar refractivity (Wildman–Crippen MR) is 71.7 cm³/mol. The molecule has 1 aliphatic rings. The van der Waals surface area contributed by atoms with Gasteiger partial charge in [-0.1, -0.05) is 6.07 Å². The number of H-pyrrole nitrogens is 1. The highest BCUT2D eigenvalue weighted by Gasteiger charge is 2.13. The molecule has 1 fully saturated rings. The summed E-state index contributed by atoms with van der Waals surface area (Å²) in [6.45, 7) is 2.26. The highest BCUT2D eigenvalue weighted by molar-refractivity contribution is 5.74. The zero-order chi connectivity index (χ0) is 12.4. The molecule has 94 valence electrons. The summed E-state index contributed by atoms with van der Waals surface area (Å²) in [5, 5.41) is 3.44. The van der Waals surface area contributed by atoms with Gasteiger partial charge in [-0.3, -0.25) is 4.79 Å². The van der Waals surface area contributed by atoms with Gasteiger partial charge < -0.3 is 10.3 Å². The number of benzene rings is 1. The van der Waals surface area contributed by atoms with Gasteiger partial charge in [0.2, 0.25) is 0 Å². The maximum atomic E-state index is 11.2. The summed E-state index contributed by atoms with van der Waals surface area (Å²) in [6.07, 6.45) is 4.99. The lowest BCUT2D eigenvalue weighted by atomic mass is 9.92. The number of nitrogens with zero attached hydrogens (tertiary/aromatic N) is 1. The standard InChI is InChI=1S/C14H17N3O/c18-14-9-16-13-7-10(3-4-12(13)17-14)6-11-2-1-5-15-8-11/h3-4,7,9,11,15H,1-2,5-6,8H2,(H,17,18). The van der Waals surface area contributed by atoms with Gasteiger partial charge in [0.1, 0.15) is 0 Å². The fourth-order valence-electron chi connectivity index (χ4n) is 2.64. The summed E-state index contributed by atoms with van der Waals surface area (Å²) in [5.74, 6) is 0.721. The summed E-state index contributed by atoms with van der Waals surface area (Å²) in [7, 11) is 0. The molecule has 1 aromatic carbocycles. The first-order valence-corrected chi connectivity index (χ1v) is 6.50. The predicted octanol–water partition coefficient (Wildman–Crippen LogP) is 1.47. The Morgan fingerprint density at radius 3 is 3.17 bits per heavy atom. The van der Waals surface area contributed by atoms with Crippen LogP contribution in [0.25, 0.3) is 11.0 Å². The van der Waals surface area contributed by atoms with Crippen LogP contribution in [-0.2, 0) is 6.42 Å². The number of aromatic nitrogens is 2. The highest BCUT2D eigenvalue weighted by atomic mass is 16.1. The number of aromatic amines is 1. The Morgan fingerprint density at radius 1 is 1.39 bits per heavy atom. The zero-order valence-electron chi connectivity index (χ0n) is 10.3. The van der Waals surface area contributed by atoms with Crippen molar-refractivity contribution >= 4 is 11.0 Å². The fourth-order valence-corrected chi connectivity index (χ4v) is 2.64. The van der Waals surface area contributed by atoms with Crippen LogP contribution in [0.5, 0.6) is 0 Å². The van der Waals surface area contributed by atoms with E-state index in [-0.39, 0.29) is 5.56 Å². The maximum Gasteiger partial charge on any atom is 0.266 e. The van der Waals surface area contributed by atoms with E-state index < -0.39 is 0 Å². The summed E-state index contributed by atoms with van der Waals surface area (Å²) in [4.78, 5) is 18.1. The molecule has 2 heterocycles. The van der Waals surface area contributed by atoms with E-state index in [1.165, 1.54) is 24.6 Å². The van der Waals surface area contributed by atoms with Gasteiger partial charge in [-0.2, -0.15) is 0 Å². The Bertz CT molecular complexity index is 599. The van der Waals surface area contributed by atoms with Crippen molar-refractivity contribution in [1.82, 2.24) is 15.3 Å². The van der Waals surface area contributed by atoms with Gasteiger partial charge in [0.05, 0.1) is 17.2 Å². The second kappa shape index (κ2) is 4.90. The summed E-state index contributed by atoms with van der Waals surface area (Å²) in [5.41, 5.74) is 2.84. The van der Waals surface area contributed by atoms with Crippen LogP contribution < -0.4 is 10.9 Å². The van der Waals surface area contributed by atoms with Crippen LogP contribution in [0, 0.1) is 5.92 Å². The van der Waals surface area contributed by atoms with Gasteiger partial charge >= 0.3 is 0 Å². The summed E-state index contributed by atoms with van der Waals surface area (Å²) >= 11 is 0. The Balaban J connectivity index is 1.84. The molecular weight excluding hydrogens is 226 g/mol. The molecule has 0 radical (unpaired) electrons. The van der Waals surface area contributed by atoms with Crippen LogP contribution in [0.4, 0.5) is 0 Å². The quantitative estimate of drug-likeness (QED) is 0.839.